The van der Waals surface area contributed by atoms with Crippen LogP contribution in [0, 0.1) is 5.92 Å². The van der Waals surface area contributed by atoms with Crippen LogP contribution < -0.4 is 5.32 Å². The van der Waals surface area contributed by atoms with Gasteiger partial charge in [0, 0.05) is 13.2 Å². The molecule has 1 N–H and O–H groups in total. The normalized spacial score (nSPS) is 13.3. The minimum Gasteiger partial charge on any atom is -0.309 e. The van der Waals surface area contributed by atoms with Crippen molar-refractivity contribution in [3.05, 3.63) is 18.0 Å². The molecule has 0 saturated carbocycles. The molecule has 3 nitrogen and oxygen atoms in total. The molecule has 0 fully saturated rings. The van der Waals surface area contributed by atoms with Gasteiger partial charge in [0.2, 0.25) is 0 Å². The largest absolute Gasteiger partial charge is 0.309 e. The van der Waals surface area contributed by atoms with Crippen LogP contribution in [0.5, 0.6) is 0 Å². The van der Waals surface area contributed by atoms with E-state index < -0.39 is 0 Å². The zero-order chi connectivity index (χ0) is 12.0. The minimum atomic E-state index is 0.420. The first-order valence-electron chi connectivity index (χ1n) is 6.36. The Morgan fingerprint density at radius 3 is 2.62 bits per heavy atom. The standard InChI is InChI=1S/C13H25N3/c1-5-9-14-12(7-6-11(2)3)13-8-10-16(4)15-13/h8,10-12,14H,5-7,9H2,1-4H3. The van der Waals surface area contributed by atoms with Gasteiger partial charge in [-0.15, -0.1) is 0 Å². The van der Waals surface area contributed by atoms with Crippen LogP contribution in [0.4, 0.5) is 0 Å². The third-order valence-electron chi connectivity index (χ3n) is 2.76. The van der Waals surface area contributed by atoms with E-state index in [0.29, 0.717) is 6.04 Å². The van der Waals surface area contributed by atoms with Crippen molar-refractivity contribution in [3.8, 4) is 0 Å². The lowest BCUT2D eigenvalue weighted by molar-refractivity contribution is 0.431. The van der Waals surface area contributed by atoms with Crippen LogP contribution in [0.2, 0.25) is 0 Å². The van der Waals surface area contributed by atoms with Crippen LogP contribution in [-0.2, 0) is 7.05 Å². The molecule has 0 amide bonds. The quantitative estimate of drug-likeness (QED) is 0.770. The Labute approximate surface area is 99.2 Å². The molecular formula is C13H25N3. The third kappa shape index (κ3) is 4.35. The summed E-state index contributed by atoms with van der Waals surface area (Å²) < 4.78 is 1.88. The molecular weight excluding hydrogens is 198 g/mol. The highest BCUT2D eigenvalue weighted by Crippen LogP contribution is 2.19. The van der Waals surface area contributed by atoms with E-state index in [1.54, 1.807) is 0 Å². The van der Waals surface area contributed by atoms with E-state index in [4.69, 9.17) is 0 Å². The smallest absolute Gasteiger partial charge is 0.0793 e. The van der Waals surface area contributed by atoms with Gasteiger partial charge in [0.15, 0.2) is 0 Å². The van der Waals surface area contributed by atoms with E-state index in [9.17, 15) is 0 Å². The van der Waals surface area contributed by atoms with E-state index in [0.717, 1.165) is 12.5 Å². The lowest BCUT2D eigenvalue weighted by Crippen LogP contribution is -2.23. The molecule has 1 rings (SSSR count). The summed E-state index contributed by atoms with van der Waals surface area (Å²) in [5.74, 6) is 0.759. The van der Waals surface area contributed by atoms with Gasteiger partial charge in [-0.1, -0.05) is 20.8 Å². The molecule has 1 aromatic heterocycles. The Hall–Kier alpha value is -0.830. The number of rotatable bonds is 7. The Morgan fingerprint density at radius 2 is 2.12 bits per heavy atom. The topological polar surface area (TPSA) is 29.9 Å². The van der Waals surface area contributed by atoms with Gasteiger partial charge < -0.3 is 5.32 Å². The second-order valence-electron chi connectivity index (χ2n) is 4.89. The molecule has 0 aliphatic carbocycles. The second-order valence-corrected chi connectivity index (χ2v) is 4.89. The Balaban J connectivity index is 2.55. The zero-order valence-electron chi connectivity index (χ0n) is 11.0. The fourth-order valence-electron chi connectivity index (χ4n) is 1.79. The first kappa shape index (κ1) is 13.2. The van der Waals surface area contributed by atoms with Crippen molar-refractivity contribution in [1.29, 1.82) is 0 Å². The van der Waals surface area contributed by atoms with Crippen LogP contribution >= 0.6 is 0 Å². The average molecular weight is 223 g/mol. The summed E-state index contributed by atoms with van der Waals surface area (Å²) in [5.41, 5.74) is 1.18. The van der Waals surface area contributed by atoms with Crippen LogP contribution in [0.3, 0.4) is 0 Å². The predicted octanol–water partition coefficient (Wildman–Crippen LogP) is 2.90. The van der Waals surface area contributed by atoms with Crippen molar-refractivity contribution in [2.45, 2.75) is 46.1 Å². The summed E-state index contributed by atoms with van der Waals surface area (Å²) in [7, 11) is 1.98. The maximum atomic E-state index is 4.50. The van der Waals surface area contributed by atoms with Gasteiger partial charge in [-0.05, 0) is 37.8 Å². The van der Waals surface area contributed by atoms with E-state index in [1.165, 1.54) is 25.0 Å². The van der Waals surface area contributed by atoms with Crippen molar-refractivity contribution in [3.63, 3.8) is 0 Å². The molecule has 1 heterocycles. The van der Waals surface area contributed by atoms with Gasteiger partial charge in [0.05, 0.1) is 11.7 Å². The summed E-state index contributed by atoms with van der Waals surface area (Å²) in [5, 5.41) is 8.07. The molecule has 0 bridgehead atoms. The van der Waals surface area contributed by atoms with E-state index in [1.807, 2.05) is 17.9 Å². The van der Waals surface area contributed by atoms with E-state index in [-0.39, 0.29) is 0 Å². The predicted molar refractivity (Wildman–Crippen MR) is 68.3 cm³/mol. The van der Waals surface area contributed by atoms with E-state index in [2.05, 4.69) is 37.3 Å². The van der Waals surface area contributed by atoms with Crippen molar-refractivity contribution in [1.82, 2.24) is 15.1 Å². The molecule has 92 valence electrons. The maximum Gasteiger partial charge on any atom is 0.0793 e. The number of hydrogen-bond acceptors (Lipinski definition) is 2. The van der Waals surface area contributed by atoms with Crippen LogP contribution in [0.1, 0.15) is 51.8 Å². The summed E-state index contributed by atoms with van der Waals surface area (Å²) in [6, 6.07) is 2.54. The lowest BCUT2D eigenvalue weighted by Gasteiger charge is -2.17. The third-order valence-corrected chi connectivity index (χ3v) is 2.76. The summed E-state index contributed by atoms with van der Waals surface area (Å²) >= 11 is 0. The summed E-state index contributed by atoms with van der Waals surface area (Å²) in [4.78, 5) is 0. The molecule has 0 aliphatic rings. The molecule has 0 spiro atoms. The number of nitrogens with one attached hydrogen (secondary N) is 1. The van der Waals surface area contributed by atoms with Gasteiger partial charge in [-0.2, -0.15) is 5.10 Å². The molecule has 16 heavy (non-hydrogen) atoms. The number of aromatic nitrogens is 2. The lowest BCUT2D eigenvalue weighted by atomic mass is 10.0. The Bertz CT molecular complexity index is 291. The fraction of sp³-hybridized carbons (Fsp3) is 0.769. The zero-order valence-corrected chi connectivity index (χ0v) is 11.0. The number of hydrogen-bond donors (Lipinski definition) is 1. The van der Waals surface area contributed by atoms with Crippen molar-refractivity contribution < 1.29 is 0 Å². The highest BCUT2D eigenvalue weighted by atomic mass is 15.3. The second kappa shape index (κ2) is 6.69. The minimum absolute atomic E-state index is 0.420. The highest BCUT2D eigenvalue weighted by Gasteiger charge is 2.13. The van der Waals surface area contributed by atoms with Crippen LogP contribution in [0.15, 0.2) is 12.3 Å². The van der Waals surface area contributed by atoms with Gasteiger partial charge in [0.25, 0.3) is 0 Å². The van der Waals surface area contributed by atoms with Gasteiger partial charge in [0.1, 0.15) is 0 Å². The van der Waals surface area contributed by atoms with Crippen molar-refractivity contribution >= 4 is 0 Å². The molecule has 3 heteroatoms. The Kier molecular flexibility index (Phi) is 5.53. The van der Waals surface area contributed by atoms with Crippen molar-refractivity contribution in [2.24, 2.45) is 13.0 Å². The molecule has 0 aromatic carbocycles. The Morgan fingerprint density at radius 1 is 1.38 bits per heavy atom. The SMILES string of the molecule is CCCNC(CCC(C)C)c1ccn(C)n1. The van der Waals surface area contributed by atoms with Gasteiger partial charge in [-0.25, -0.2) is 0 Å². The average Bonchev–Trinajstić information content (AvgIpc) is 2.64. The van der Waals surface area contributed by atoms with Gasteiger partial charge >= 0.3 is 0 Å². The molecule has 0 radical (unpaired) electrons. The fourth-order valence-corrected chi connectivity index (χ4v) is 1.79. The summed E-state index contributed by atoms with van der Waals surface area (Å²) in [6.45, 7) is 7.81. The first-order valence-corrected chi connectivity index (χ1v) is 6.36. The maximum absolute atomic E-state index is 4.50. The first-order chi connectivity index (χ1) is 7.63. The van der Waals surface area contributed by atoms with Crippen LogP contribution in [-0.4, -0.2) is 16.3 Å². The number of nitrogens with zero attached hydrogens (tertiary/aromatic N) is 2. The molecule has 1 aromatic rings. The summed E-state index contributed by atoms with van der Waals surface area (Å²) in [6.07, 6.45) is 5.61. The molecule has 1 unspecified atom stereocenters. The molecule has 1 atom stereocenters. The number of aryl methyl sites for hydroxylation is 1. The molecule has 0 saturated heterocycles. The van der Waals surface area contributed by atoms with Crippen molar-refractivity contribution in [2.75, 3.05) is 6.54 Å². The van der Waals surface area contributed by atoms with Gasteiger partial charge in [-0.3, -0.25) is 4.68 Å². The van der Waals surface area contributed by atoms with E-state index >= 15 is 0 Å². The van der Waals surface area contributed by atoms with Crippen LogP contribution in [0.25, 0.3) is 0 Å². The monoisotopic (exact) mass is 223 g/mol. The highest BCUT2D eigenvalue weighted by molar-refractivity contribution is 5.05. The molecule has 0 aliphatic heterocycles.